The van der Waals surface area contributed by atoms with Gasteiger partial charge in [-0.3, -0.25) is 0 Å². The molecule has 0 saturated carbocycles. The first-order valence-electron chi connectivity index (χ1n) is 13.9. The fraction of sp³-hybridized carbons (Fsp3) is 0.929. The molecule has 0 radical (unpaired) electrons. The van der Waals surface area contributed by atoms with E-state index in [1.54, 1.807) is 0 Å². The molecule has 2 nitrogen and oxygen atoms in total. The van der Waals surface area contributed by atoms with E-state index in [1.807, 2.05) is 11.8 Å². The van der Waals surface area contributed by atoms with Crippen LogP contribution >= 0.6 is 11.8 Å². The summed E-state index contributed by atoms with van der Waals surface area (Å²) in [5.74, 6) is 0.478. The van der Waals surface area contributed by atoms with Gasteiger partial charge in [0, 0.05) is 0 Å². The quantitative estimate of drug-likeness (QED) is 0.107. The number of unbranched alkanes of at least 4 members (excludes halogenated alkanes) is 18. The molecule has 0 saturated heterocycles. The summed E-state index contributed by atoms with van der Waals surface area (Å²) < 4.78 is 12.4. The maximum atomic E-state index is 6.22. The fourth-order valence-electron chi connectivity index (χ4n) is 4.25. The monoisotopic (exact) mass is 454 g/mol. The van der Waals surface area contributed by atoms with Gasteiger partial charge in [0.1, 0.15) is 0 Å². The van der Waals surface area contributed by atoms with Crippen LogP contribution in [0.2, 0.25) is 0 Å². The molecule has 0 bridgehead atoms. The van der Waals surface area contributed by atoms with Gasteiger partial charge in [0.25, 0.3) is 0 Å². The lowest BCUT2D eigenvalue weighted by molar-refractivity contribution is -0.188. The number of hydrogen-bond donors (Lipinski definition) is 0. The first-order chi connectivity index (χ1) is 15.3. The molecule has 0 aromatic rings. The molecule has 0 aromatic carbocycles. The van der Waals surface area contributed by atoms with Crippen molar-refractivity contribution in [3.8, 4) is 0 Å². The molecule has 3 heteroatoms. The summed E-state index contributed by atoms with van der Waals surface area (Å²) in [5, 5.41) is 2.15. The van der Waals surface area contributed by atoms with Crippen LogP contribution in [0.3, 0.4) is 0 Å². The average Bonchev–Trinajstić information content (AvgIpc) is 3.25. The Labute approximate surface area is 199 Å². The van der Waals surface area contributed by atoms with Gasteiger partial charge in [0.2, 0.25) is 0 Å². The second-order valence-electron chi connectivity index (χ2n) is 9.49. The summed E-state index contributed by atoms with van der Waals surface area (Å²) in [6.07, 6.45) is 29.5. The minimum atomic E-state index is -0.441. The van der Waals surface area contributed by atoms with E-state index >= 15 is 0 Å². The largest absolute Gasteiger partial charge is 0.346 e. The van der Waals surface area contributed by atoms with E-state index < -0.39 is 5.79 Å². The van der Waals surface area contributed by atoms with E-state index in [-0.39, 0.29) is 0 Å². The topological polar surface area (TPSA) is 18.5 Å². The third kappa shape index (κ3) is 17.2. The van der Waals surface area contributed by atoms with Crippen molar-refractivity contribution in [2.45, 2.75) is 148 Å². The molecule has 31 heavy (non-hydrogen) atoms. The minimum Gasteiger partial charge on any atom is -0.346 e. The summed E-state index contributed by atoms with van der Waals surface area (Å²) in [7, 11) is 0. The van der Waals surface area contributed by atoms with Gasteiger partial charge in [-0.15, -0.1) is 11.8 Å². The molecule has 0 unspecified atom stereocenters. The predicted molar refractivity (Wildman–Crippen MR) is 140 cm³/mol. The number of ether oxygens (including phenoxy) is 2. The Hall–Kier alpha value is 0.01000. The van der Waals surface area contributed by atoms with Gasteiger partial charge in [0.15, 0.2) is 5.79 Å². The molecule has 184 valence electrons. The zero-order chi connectivity index (χ0) is 22.3. The Kier molecular flexibility index (Phi) is 20.5. The second-order valence-corrected chi connectivity index (χ2v) is 10.4. The van der Waals surface area contributed by atoms with Crippen LogP contribution in [0, 0.1) is 0 Å². The van der Waals surface area contributed by atoms with Crippen molar-refractivity contribution in [2.24, 2.45) is 0 Å². The Morgan fingerprint density at radius 3 is 1.23 bits per heavy atom. The van der Waals surface area contributed by atoms with Gasteiger partial charge in [-0.05, 0) is 24.3 Å². The van der Waals surface area contributed by atoms with Crippen LogP contribution in [0.4, 0.5) is 0 Å². The lowest BCUT2D eigenvalue weighted by Crippen LogP contribution is -2.35. The van der Waals surface area contributed by atoms with E-state index in [4.69, 9.17) is 9.47 Å². The van der Waals surface area contributed by atoms with Crippen LogP contribution in [0.5, 0.6) is 0 Å². The molecule has 0 N–H and O–H groups in total. The van der Waals surface area contributed by atoms with E-state index in [2.05, 4.69) is 25.3 Å². The molecule has 1 rings (SSSR count). The average molecular weight is 455 g/mol. The van der Waals surface area contributed by atoms with Gasteiger partial charge in [-0.2, -0.15) is 0 Å². The van der Waals surface area contributed by atoms with Crippen LogP contribution < -0.4 is 0 Å². The number of thioether (sulfide) groups is 1. The first kappa shape index (κ1) is 29.0. The summed E-state index contributed by atoms with van der Waals surface area (Å²) in [4.78, 5) is 0. The molecule has 1 aliphatic heterocycles. The summed E-state index contributed by atoms with van der Waals surface area (Å²) >= 11 is 1.82. The van der Waals surface area contributed by atoms with E-state index in [0.29, 0.717) is 0 Å². The summed E-state index contributed by atoms with van der Waals surface area (Å²) in [6.45, 7) is 6.24. The number of hydrogen-bond acceptors (Lipinski definition) is 3. The fourth-order valence-corrected chi connectivity index (χ4v) is 5.15. The van der Waals surface area contributed by atoms with Gasteiger partial charge in [0.05, 0.1) is 19.0 Å². The molecular weight excluding hydrogens is 400 g/mol. The zero-order valence-corrected chi connectivity index (χ0v) is 22.0. The van der Waals surface area contributed by atoms with Crippen LogP contribution in [0.1, 0.15) is 142 Å². The normalized spacial score (nSPS) is 15.2. The molecule has 0 aliphatic carbocycles. The van der Waals surface area contributed by atoms with Gasteiger partial charge in [-0.25, -0.2) is 0 Å². The number of rotatable bonds is 24. The van der Waals surface area contributed by atoms with Crippen molar-refractivity contribution < 1.29 is 9.47 Å². The SMILES string of the molecule is CCCCCCCCCCCCOC1(OCCCCCCCCCCCC)C=CSC1. The zero-order valence-electron chi connectivity index (χ0n) is 21.1. The molecule has 0 spiro atoms. The first-order valence-corrected chi connectivity index (χ1v) is 14.9. The standard InChI is InChI=1S/C28H54O2S/c1-3-5-7-9-11-13-15-17-19-21-24-29-28(23-26-31-27-28)30-25-22-20-18-16-14-12-10-8-6-4-2/h23,26H,3-22,24-25,27H2,1-2H3. The van der Waals surface area contributed by atoms with Crippen LogP contribution in [0.25, 0.3) is 0 Å². The molecule has 1 aliphatic rings. The summed E-state index contributed by atoms with van der Waals surface area (Å²) in [6, 6.07) is 0. The van der Waals surface area contributed by atoms with Crippen LogP contribution in [-0.4, -0.2) is 24.8 Å². The smallest absolute Gasteiger partial charge is 0.198 e. The Balaban J connectivity index is 1.94. The Morgan fingerprint density at radius 2 is 0.903 bits per heavy atom. The second kappa shape index (κ2) is 21.8. The lowest BCUT2D eigenvalue weighted by atomic mass is 10.1. The highest BCUT2D eigenvalue weighted by atomic mass is 32.2. The van der Waals surface area contributed by atoms with Gasteiger partial charge >= 0.3 is 0 Å². The maximum Gasteiger partial charge on any atom is 0.198 e. The van der Waals surface area contributed by atoms with Crippen molar-refractivity contribution in [1.82, 2.24) is 0 Å². The maximum absolute atomic E-state index is 6.22. The van der Waals surface area contributed by atoms with Gasteiger partial charge in [-0.1, -0.05) is 129 Å². The van der Waals surface area contributed by atoms with Crippen molar-refractivity contribution in [1.29, 1.82) is 0 Å². The third-order valence-corrected chi connectivity index (χ3v) is 7.29. The van der Waals surface area contributed by atoms with Crippen molar-refractivity contribution >= 4 is 11.8 Å². The third-order valence-electron chi connectivity index (χ3n) is 6.39. The highest BCUT2D eigenvalue weighted by molar-refractivity contribution is 8.02. The Morgan fingerprint density at radius 1 is 0.548 bits per heavy atom. The molecule has 0 atom stereocenters. The van der Waals surface area contributed by atoms with E-state index in [0.717, 1.165) is 31.8 Å². The van der Waals surface area contributed by atoms with Crippen LogP contribution in [-0.2, 0) is 9.47 Å². The lowest BCUT2D eigenvalue weighted by Gasteiger charge is -2.27. The summed E-state index contributed by atoms with van der Waals surface area (Å²) in [5.41, 5.74) is 0. The Bertz CT molecular complexity index is 370. The van der Waals surface area contributed by atoms with E-state index in [9.17, 15) is 0 Å². The molecule has 0 aromatic heterocycles. The van der Waals surface area contributed by atoms with E-state index in [1.165, 1.54) is 116 Å². The minimum absolute atomic E-state index is 0.441. The van der Waals surface area contributed by atoms with Crippen molar-refractivity contribution in [3.63, 3.8) is 0 Å². The predicted octanol–water partition coefficient (Wildman–Crippen LogP) is 9.82. The van der Waals surface area contributed by atoms with Crippen LogP contribution in [0.15, 0.2) is 11.5 Å². The molecular formula is C28H54O2S. The van der Waals surface area contributed by atoms with Crippen molar-refractivity contribution in [2.75, 3.05) is 19.0 Å². The molecule has 0 fully saturated rings. The highest BCUT2D eigenvalue weighted by Crippen LogP contribution is 2.30. The molecule has 1 heterocycles. The van der Waals surface area contributed by atoms with Crippen molar-refractivity contribution in [3.05, 3.63) is 11.5 Å². The molecule has 0 amide bonds. The highest BCUT2D eigenvalue weighted by Gasteiger charge is 2.32. The van der Waals surface area contributed by atoms with Gasteiger partial charge < -0.3 is 9.47 Å².